The molecule has 0 atom stereocenters. The van der Waals surface area contributed by atoms with Gasteiger partial charge in [0.15, 0.2) is 5.17 Å². The highest BCUT2D eigenvalue weighted by molar-refractivity contribution is 8.16. The summed E-state index contributed by atoms with van der Waals surface area (Å²) in [5, 5.41) is 6.14. The van der Waals surface area contributed by atoms with E-state index >= 15 is 0 Å². The molecule has 3 rings (SSSR count). The number of hydrogen-bond donors (Lipinski definition) is 1. The first-order chi connectivity index (χ1) is 10.2. The highest BCUT2D eigenvalue weighted by Gasteiger charge is 2.25. The van der Waals surface area contributed by atoms with Crippen LogP contribution in [0.15, 0.2) is 34.7 Å². The quantitative estimate of drug-likeness (QED) is 0.804. The van der Waals surface area contributed by atoms with Crippen LogP contribution in [0.5, 0.6) is 0 Å². The number of carbonyl (C=O) groups is 1. The largest absolute Gasteiger partial charge is 1.00 e. The molecule has 2 aliphatic rings. The fraction of sp³-hybridized carbons (Fsp3) is 0.375. The summed E-state index contributed by atoms with van der Waals surface area (Å²) in [5.41, 5.74) is 3.73. The lowest BCUT2D eigenvalue weighted by atomic mass is 10.1. The molecule has 0 aliphatic carbocycles. The van der Waals surface area contributed by atoms with E-state index < -0.39 is 0 Å². The minimum atomic E-state index is 0. The monoisotopic (exact) mass is 336 g/mol. The molecule has 1 N–H and O–H groups in total. The second-order valence-electron chi connectivity index (χ2n) is 5.22. The van der Waals surface area contributed by atoms with Gasteiger partial charge in [-0.1, -0.05) is 36.0 Å². The van der Waals surface area contributed by atoms with Gasteiger partial charge < -0.3 is 22.6 Å². The van der Waals surface area contributed by atoms with Crippen molar-refractivity contribution in [2.75, 3.05) is 19.6 Å². The minimum Gasteiger partial charge on any atom is -1.00 e. The van der Waals surface area contributed by atoms with Gasteiger partial charge in [0.2, 0.25) is 5.91 Å². The van der Waals surface area contributed by atoms with Crippen molar-refractivity contribution >= 4 is 28.5 Å². The van der Waals surface area contributed by atoms with E-state index in [2.05, 4.69) is 44.9 Å². The van der Waals surface area contributed by atoms with Gasteiger partial charge in [0.1, 0.15) is 0 Å². The van der Waals surface area contributed by atoms with Crippen LogP contribution in [0.2, 0.25) is 0 Å². The van der Waals surface area contributed by atoms with E-state index in [0.717, 1.165) is 31.1 Å². The summed E-state index contributed by atoms with van der Waals surface area (Å²) in [6.45, 7) is 4.24. The molecule has 6 heteroatoms. The summed E-state index contributed by atoms with van der Waals surface area (Å²) in [4.78, 5) is 17.7. The molecule has 4 nitrogen and oxygen atoms in total. The fourth-order valence-corrected chi connectivity index (χ4v) is 3.49. The van der Waals surface area contributed by atoms with Crippen molar-refractivity contribution in [2.45, 2.75) is 19.8 Å². The van der Waals surface area contributed by atoms with E-state index in [1.807, 2.05) is 0 Å². The van der Waals surface area contributed by atoms with Crippen molar-refractivity contribution < 1.29 is 17.2 Å². The van der Waals surface area contributed by atoms with Gasteiger partial charge in [-0.2, -0.15) is 0 Å². The number of nitrogens with one attached hydrogen (secondary N) is 1. The average molecular weight is 337 g/mol. The van der Waals surface area contributed by atoms with Crippen LogP contribution in [-0.2, 0) is 11.2 Å². The van der Waals surface area contributed by atoms with Crippen LogP contribution in [0.25, 0.3) is 5.70 Å². The standard InChI is InChI=1S/C16H19N3OS.ClH/c1-12(20)17-9-7-13-3-5-14(6-4-13)15-11-21-16-18-8-2-10-19(15)16;/h3-6,11H,2,7-10H2,1H3,(H,17,20);1H/p-1. The molecular formula is C16H19ClN3OS-. The van der Waals surface area contributed by atoms with E-state index in [4.69, 9.17) is 0 Å². The molecule has 0 saturated carbocycles. The zero-order chi connectivity index (χ0) is 14.7. The van der Waals surface area contributed by atoms with Crippen LogP contribution in [0.3, 0.4) is 0 Å². The first kappa shape index (κ1) is 16.9. The first-order valence-corrected chi connectivity index (χ1v) is 8.14. The van der Waals surface area contributed by atoms with Gasteiger partial charge in [-0.25, -0.2) is 0 Å². The second-order valence-corrected chi connectivity index (χ2v) is 6.06. The molecule has 0 spiro atoms. The van der Waals surface area contributed by atoms with Gasteiger partial charge >= 0.3 is 0 Å². The number of benzene rings is 1. The summed E-state index contributed by atoms with van der Waals surface area (Å²) in [5.74, 6) is 0.0247. The third-order valence-corrected chi connectivity index (χ3v) is 4.52. The maximum atomic E-state index is 10.9. The van der Waals surface area contributed by atoms with Crippen molar-refractivity contribution in [1.29, 1.82) is 0 Å². The Bertz CT molecular complexity index is 598. The molecule has 0 radical (unpaired) electrons. The van der Waals surface area contributed by atoms with E-state index in [1.165, 1.54) is 16.8 Å². The number of nitrogens with zero attached hydrogens (tertiary/aromatic N) is 2. The number of amidine groups is 1. The van der Waals surface area contributed by atoms with Crippen molar-refractivity contribution in [3.8, 4) is 0 Å². The van der Waals surface area contributed by atoms with Crippen molar-refractivity contribution in [1.82, 2.24) is 10.2 Å². The highest BCUT2D eigenvalue weighted by Crippen LogP contribution is 2.34. The minimum absolute atomic E-state index is 0. The maximum absolute atomic E-state index is 10.9. The number of aliphatic imine (C=N–C) groups is 1. The lowest BCUT2D eigenvalue weighted by molar-refractivity contribution is -0.118. The molecular weight excluding hydrogens is 318 g/mol. The molecule has 2 aliphatic heterocycles. The molecule has 0 aromatic heterocycles. The summed E-state index contributed by atoms with van der Waals surface area (Å²) in [6, 6.07) is 8.60. The number of amides is 1. The van der Waals surface area contributed by atoms with E-state index in [1.54, 1.807) is 18.7 Å². The molecule has 0 saturated heterocycles. The summed E-state index contributed by atoms with van der Waals surface area (Å²) < 4.78 is 0. The van der Waals surface area contributed by atoms with Gasteiger partial charge in [0.05, 0.1) is 5.70 Å². The van der Waals surface area contributed by atoms with Crippen LogP contribution < -0.4 is 17.7 Å². The highest BCUT2D eigenvalue weighted by atomic mass is 35.5. The van der Waals surface area contributed by atoms with Gasteiger partial charge in [-0.05, 0) is 24.0 Å². The van der Waals surface area contributed by atoms with Crippen molar-refractivity contribution in [3.05, 3.63) is 40.8 Å². The molecule has 22 heavy (non-hydrogen) atoms. The van der Waals surface area contributed by atoms with Gasteiger partial charge in [0.25, 0.3) is 0 Å². The Kier molecular flexibility index (Phi) is 5.91. The van der Waals surface area contributed by atoms with Crippen LogP contribution in [0, 0.1) is 0 Å². The van der Waals surface area contributed by atoms with Crippen molar-refractivity contribution in [3.63, 3.8) is 0 Å². The molecule has 0 unspecified atom stereocenters. The predicted molar refractivity (Wildman–Crippen MR) is 88.0 cm³/mol. The van der Waals surface area contributed by atoms with E-state index in [-0.39, 0.29) is 18.3 Å². The Morgan fingerprint density at radius 1 is 1.36 bits per heavy atom. The Balaban J connectivity index is 0.00000176. The van der Waals surface area contributed by atoms with Gasteiger partial charge in [0, 0.05) is 32.0 Å². The van der Waals surface area contributed by atoms with Crippen LogP contribution in [-0.4, -0.2) is 35.6 Å². The van der Waals surface area contributed by atoms with Crippen LogP contribution in [0.1, 0.15) is 24.5 Å². The Morgan fingerprint density at radius 2 is 2.14 bits per heavy atom. The Hall–Kier alpha value is -1.46. The molecule has 0 fully saturated rings. The first-order valence-electron chi connectivity index (χ1n) is 7.26. The topological polar surface area (TPSA) is 44.7 Å². The molecule has 1 aromatic rings. The third-order valence-electron chi connectivity index (χ3n) is 3.62. The summed E-state index contributed by atoms with van der Waals surface area (Å²) in [6.07, 6.45) is 1.99. The van der Waals surface area contributed by atoms with Gasteiger partial charge in [-0.3, -0.25) is 9.79 Å². The zero-order valence-corrected chi connectivity index (χ0v) is 14.1. The fourth-order valence-electron chi connectivity index (χ4n) is 2.53. The average Bonchev–Trinajstić information content (AvgIpc) is 2.92. The normalized spacial score (nSPS) is 16.3. The molecule has 118 valence electrons. The number of halogens is 1. The third kappa shape index (κ3) is 3.84. The number of carbonyl (C=O) groups excluding carboxylic acids is 1. The Labute approximate surface area is 141 Å². The molecule has 2 heterocycles. The molecule has 0 bridgehead atoms. The number of rotatable bonds is 4. The lowest BCUT2D eigenvalue weighted by Crippen LogP contribution is -3.00. The number of hydrogen-bond acceptors (Lipinski definition) is 4. The van der Waals surface area contributed by atoms with E-state index in [0.29, 0.717) is 6.54 Å². The SMILES string of the molecule is CC(=O)NCCc1ccc(C2=CSC3=NCCCN23)cc1.[Cl-]. The predicted octanol–water partition coefficient (Wildman–Crippen LogP) is -0.524. The lowest BCUT2D eigenvalue weighted by Gasteiger charge is -2.25. The summed E-state index contributed by atoms with van der Waals surface area (Å²) >= 11 is 1.72. The Morgan fingerprint density at radius 3 is 2.86 bits per heavy atom. The van der Waals surface area contributed by atoms with Crippen LogP contribution >= 0.6 is 11.8 Å². The van der Waals surface area contributed by atoms with E-state index in [9.17, 15) is 4.79 Å². The zero-order valence-electron chi connectivity index (χ0n) is 12.5. The number of fused-ring (bicyclic) bond motifs is 1. The van der Waals surface area contributed by atoms with Crippen LogP contribution in [0.4, 0.5) is 0 Å². The maximum Gasteiger partial charge on any atom is 0.216 e. The molecule has 1 aromatic carbocycles. The van der Waals surface area contributed by atoms with Gasteiger partial charge in [-0.15, -0.1) is 0 Å². The summed E-state index contributed by atoms with van der Waals surface area (Å²) in [7, 11) is 0. The second kappa shape index (κ2) is 7.70. The van der Waals surface area contributed by atoms with Crippen molar-refractivity contribution in [2.24, 2.45) is 4.99 Å². The number of thioether (sulfide) groups is 1. The molecule has 1 amide bonds. The smallest absolute Gasteiger partial charge is 0.216 e.